The van der Waals surface area contributed by atoms with E-state index in [2.05, 4.69) is 11.7 Å². The summed E-state index contributed by atoms with van der Waals surface area (Å²) in [5.41, 5.74) is 0. The van der Waals surface area contributed by atoms with Crippen molar-refractivity contribution in [2.24, 2.45) is 0 Å². The molecule has 0 atom stereocenters. The number of unbranched alkanes of at least 4 members (excludes halogenated alkanes) is 8. The standard InChI is InChI=1S/C21H39O6P/c1-5-6-7-12-15-19(22)18-20(28(24,26-3)27-4)16-13-10-8-9-11-14-17-21(23)25-2/h16H,5-15,17-18H2,1-4H3/b20-16-. The molecule has 7 heteroatoms. The highest BCUT2D eigenvalue weighted by atomic mass is 31.2. The molecule has 0 amide bonds. The second-order valence-corrected chi connectivity index (χ2v) is 9.27. The average Bonchev–Trinajstić information content (AvgIpc) is 2.71. The van der Waals surface area contributed by atoms with Crippen molar-refractivity contribution in [3.63, 3.8) is 0 Å². The summed E-state index contributed by atoms with van der Waals surface area (Å²) in [6.45, 7) is 2.13. The summed E-state index contributed by atoms with van der Waals surface area (Å²) in [4.78, 5) is 23.3. The van der Waals surface area contributed by atoms with Crippen molar-refractivity contribution in [3.8, 4) is 0 Å². The van der Waals surface area contributed by atoms with E-state index in [1.807, 2.05) is 6.08 Å². The zero-order valence-electron chi connectivity index (χ0n) is 18.2. The Morgan fingerprint density at radius 2 is 1.39 bits per heavy atom. The molecule has 0 aromatic carbocycles. The van der Waals surface area contributed by atoms with Gasteiger partial charge in [-0.2, -0.15) is 0 Å². The van der Waals surface area contributed by atoms with E-state index in [-0.39, 0.29) is 18.2 Å². The maximum atomic E-state index is 12.8. The van der Waals surface area contributed by atoms with Gasteiger partial charge in [0.2, 0.25) is 0 Å². The molecule has 0 aliphatic rings. The molecule has 0 unspecified atom stereocenters. The van der Waals surface area contributed by atoms with Crippen LogP contribution in [-0.2, 0) is 27.9 Å². The molecule has 0 N–H and O–H groups in total. The first kappa shape index (κ1) is 27.0. The summed E-state index contributed by atoms with van der Waals surface area (Å²) in [6, 6.07) is 0. The molecule has 0 radical (unpaired) electrons. The third-order valence-corrected chi connectivity index (χ3v) is 6.72. The molecule has 0 bridgehead atoms. The average molecular weight is 419 g/mol. The molecule has 0 aromatic rings. The normalized spacial score (nSPS) is 12.2. The zero-order chi connectivity index (χ0) is 21.3. The molecule has 6 nitrogen and oxygen atoms in total. The van der Waals surface area contributed by atoms with Gasteiger partial charge in [0.1, 0.15) is 5.78 Å². The van der Waals surface area contributed by atoms with Crippen LogP contribution in [0.25, 0.3) is 0 Å². The summed E-state index contributed by atoms with van der Waals surface area (Å²) in [5.74, 6) is -0.0821. The smallest absolute Gasteiger partial charge is 0.356 e. The molecule has 0 saturated heterocycles. The van der Waals surface area contributed by atoms with Gasteiger partial charge in [0, 0.05) is 38.8 Å². The van der Waals surface area contributed by atoms with E-state index < -0.39 is 7.60 Å². The van der Waals surface area contributed by atoms with Gasteiger partial charge in [0.15, 0.2) is 0 Å². The van der Waals surface area contributed by atoms with Crippen LogP contribution >= 0.6 is 7.60 Å². The van der Waals surface area contributed by atoms with Crippen LogP contribution in [0.5, 0.6) is 0 Å². The van der Waals surface area contributed by atoms with Crippen LogP contribution in [0.3, 0.4) is 0 Å². The minimum atomic E-state index is -3.38. The lowest BCUT2D eigenvalue weighted by molar-refractivity contribution is -0.140. The first-order valence-corrected chi connectivity index (χ1v) is 12.0. The molecule has 164 valence electrons. The molecule has 28 heavy (non-hydrogen) atoms. The highest BCUT2D eigenvalue weighted by Crippen LogP contribution is 2.56. The van der Waals surface area contributed by atoms with Crippen LogP contribution in [0.1, 0.15) is 90.4 Å². The van der Waals surface area contributed by atoms with Gasteiger partial charge in [-0.3, -0.25) is 14.2 Å². The predicted octanol–water partition coefficient (Wildman–Crippen LogP) is 6.19. The van der Waals surface area contributed by atoms with Crippen molar-refractivity contribution in [1.82, 2.24) is 0 Å². The van der Waals surface area contributed by atoms with Gasteiger partial charge in [-0.1, -0.05) is 51.5 Å². The second-order valence-electron chi connectivity index (χ2n) is 6.97. The number of rotatable bonds is 18. The zero-order valence-corrected chi connectivity index (χ0v) is 19.1. The van der Waals surface area contributed by atoms with Crippen LogP contribution in [0.4, 0.5) is 0 Å². The van der Waals surface area contributed by atoms with Gasteiger partial charge in [0.05, 0.1) is 7.11 Å². The molecule has 0 saturated carbocycles. The Hall–Kier alpha value is -0.970. The summed E-state index contributed by atoms with van der Waals surface area (Å²) in [6.07, 6.45) is 12.6. The molecule has 0 heterocycles. The monoisotopic (exact) mass is 418 g/mol. The number of Topliss-reactive ketones (excluding diaryl/α,β-unsaturated/α-hetero) is 1. The second kappa shape index (κ2) is 16.9. The van der Waals surface area contributed by atoms with Crippen molar-refractivity contribution in [3.05, 3.63) is 11.4 Å². The predicted molar refractivity (Wildman–Crippen MR) is 112 cm³/mol. The number of carbonyl (C=O) groups is 2. The Kier molecular flexibility index (Phi) is 16.4. The number of carbonyl (C=O) groups excluding carboxylic acids is 2. The highest BCUT2D eigenvalue weighted by molar-refractivity contribution is 7.58. The quantitative estimate of drug-likeness (QED) is 0.150. The van der Waals surface area contributed by atoms with E-state index in [0.29, 0.717) is 18.2 Å². The van der Waals surface area contributed by atoms with E-state index in [4.69, 9.17) is 9.05 Å². The number of ether oxygens (including phenoxy) is 1. The molecule has 0 aliphatic carbocycles. The maximum Gasteiger partial charge on any atom is 0.356 e. The van der Waals surface area contributed by atoms with Crippen LogP contribution < -0.4 is 0 Å². The topological polar surface area (TPSA) is 78.9 Å². The number of hydrogen-bond acceptors (Lipinski definition) is 6. The van der Waals surface area contributed by atoms with Crippen molar-refractivity contribution >= 4 is 19.3 Å². The van der Waals surface area contributed by atoms with E-state index in [1.54, 1.807) is 0 Å². The van der Waals surface area contributed by atoms with Crippen LogP contribution in [-0.4, -0.2) is 33.1 Å². The maximum absolute atomic E-state index is 12.8. The molecule has 0 fully saturated rings. The van der Waals surface area contributed by atoms with Gasteiger partial charge in [-0.25, -0.2) is 0 Å². The van der Waals surface area contributed by atoms with Gasteiger partial charge in [-0.15, -0.1) is 0 Å². The van der Waals surface area contributed by atoms with Crippen molar-refractivity contribution in [1.29, 1.82) is 0 Å². The fourth-order valence-electron chi connectivity index (χ4n) is 2.94. The minimum Gasteiger partial charge on any atom is -0.469 e. The lowest BCUT2D eigenvalue weighted by Crippen LogP contribution is -2.03. The summed E-state index contributed by atoms with van der Waals surface area (Å²) < 4.78 is 27.6. The number of esters is 1. The van der Waals surface area contributed by atoms with E-state index in [1.165, 1.54) is 21.3 Å². The largest absolute Gasteiger partial charge is 0.469 e. The SMILES string of the molecule is CCCCCCC(=O)C/C(=C/CCCCCCCC(=O)OC)P(=O)(OC)OC. The number of hydrogen-bond donors (Lipinski definition) is 0. The van der Waals surface area contributed by atoms with Crippen molar-refractivity contribution < 1.29 is 27.9 Å². The fourth-order valence-corrected chi connectivity index (χ4v) is 4.28. The molecule has 0 aliphatic heterocycles. The first-order chi connectivity index (χ1) is 13.4. The fraction of sp³-hybridized carbons (Fsp3) is 0.810. The van der Waals surface area contributed by atoms with Crippen LogP contribution in [0, 0.1) is 0 Å². The Balaban J connectivity index is 4.43. The van der Waals surface area contributed by atoms with Crippen LogP contribution in [0.2, 0.25) is 0 Å². The van der Waals surface area contributed by atoms with Crippen molar-refractivity contribution in [2.45, 2.75) is 90.4 Å². The lowest BCUT2D eigenvalue weighted by atomic mass is 10.1. The molecule has 0 spiro atoms. The molecule has 0 aromatic heterocycles. The van der Waals surface area contributed by atoms with E-state index in [9.17, 15) is 14.2 Å². The van der Waals surface area contributed by atoms with Gasteiger partial charge in [0.25, 0.3) is 0 Å². The Labute approximate surface area is 170 Å². The Morgan fingerprint density at radius 3 is 2.00 bits per heavy atom. The first-order valence-electron chi connectivity index (χ1n) is 10.4. The molecular weight excluding hydrogens is 379 g/mol. The highest BCUT2D eigenvalue weighted by Gasteiger charge is 2.28. The van der Waals surface area contributed by atoms with Gasteiger partial charge < -0.3 is 13.8 Å². The van der Waals surface area contributed by atoms with Crippen molar-refractivity contribution in [2.75, 3.05) is 21.3 Å². The molecule has 0 rings (SSSR count). The van der Waals surface area contributed by atoms with Gasteiger partial charge >= 0.3 is 13.6 Å². The van der Waals surface area contributed by atoms with Crippen LogP contribution in [0.15, 0.2) is 11.4 Å². The van der Waals surface area contributed by atoms with E-state index >= 15 is 0 Å². The summed E-state index contributed by atoms with van der Waals surface area (Å²) in [5, 5.41) is 0.476. The summed E-state index contributed by atoms with van der Waals surface area (Å²) >= 11 is 0. The third-order valence-electron chi connectivity index (χ3n) is 4.71. The lowest BCUT2D eigenvalue weighted by Gasteiger charge is -2.17. The Morgan fingerprint density at radius 1 is 0.821 bits per heavy atom. The molecular formula is C21H39O6P. The van der Waals surface area contributed by atoms with Gasteiger partial charge in [-0.05, 0) is 25.7 Å². The summed E-state index contributed by atoms with van der Waals surface area (Å²) in [7, 11) is 0.726. The minimum absolute atomic E-state index is 0.0829. The number of allylic oxidation sites excluding steroid dienone is 2. The van der Waals surface area contributed by atoms with E-state index in [0.717, 1.165) is 64.2 Å². The Bertz CT molecular complexity index is 507. The number of ketones is 1. The number of methoxy groups -OCH3 is 1. The third kappa shape index (κ3) is 12.5.